The van der Waals surface area contributed by atoms with E-state index in [0.29, 0.717) is 35.5 Å². The molecular formula is C25H30N4O3. The van der Waals surface area contributed by atoms with Crippen molar-refractivity contribution in [3.8, 4) is 11.8 Å². The van der Waals surface area contributed by atoms with Gasteiger partial charge in [-0.05, 0) is 55.7 Å². The maximum atomic E-state index is 12.7. The first-order valence-corrected chi connectivity index (χ1v) is 10.6. The molecule has 1 unspecified atom stereocenters. The average Bonchev–Trinajstić information content (AvgIpc) is 2.66. The van der Waals surface area contributed by atoms with Crippen LogP contribution in [0.15, 0.2) is 42.5 Å². The summed E-state index contributed by atoms with van der Waals surface area (Å²) in [6.45, 7) is 9.98. The Kier molecular flexibility index (Phi) is 6.45. The van der Waals surface area contributed by atoms with Gasteiger partial charge in [-0.25, -0.2) is 4.79 Å². The summed E-state index contributed by atoms with van der Waals surface area (Å²) in [6.07, 6.45) is 0.963. The number of ether oxygens (including phenoxy) is 1. The number of carbonyl (C=O) groups excluding carboxylic acids is 2. The Hall–Kier alpha value is -3.53. The SMILES string of the molecule is CC(C)(C)CC(=O)Nc1ccc2c(c1)C(NC(=O)Nc1cccc(C#N)c1)CC(C)(C)O2. The molecule has 1 heterocycles. The van der Waals surface area contributed by atoms with Crippen LogP contribution < -0.4 is 20.7 Å². The van der Waals surface area contributed by atoms with Crippen LogP contribution in [0.2, 0.25) is 0 Å². The second-order valence-electron chi connectivity index (χ2n) is 9.95. The normalized spacial score (nSPS) is 16.7. The molecule has 0 spiro atoms. The maximum absolute atomic E-state index is 12.7. The summed E-state index contributed by atoms with van der Waals surface area (Å²) in [6, 6.07) is 13.6. The molecule has 0 radical (unpaired) electrons. The van der Waals surface area contributed by atoms with E-state index in [2.05, 4.69) is 22.0 Å². The molecule has 0 aliphatic carbocycles. The van der Waals surface area contributed by atoms with Crippen molar-refractivity contribution in [2.75, 3.05) is 10.6 Å². The van der Waals surface area contributed by atoms with E-state index in [1.165, 1.54) is 0 Å². The van der Waals surface area contributed by atoms with Gasteiger partial charge in [-0.2, -0.15) is 5.26 Å². The number of hydrogen-bond acceptors (Lipinski definition) is 4. The summed E-state index contributed by atoms with van der Waals surface area (Å²) in [7, 11) is 0. The lowest BCUT2D eigenvalue weighted by Gasteiger charge is -2.38. The Morgan fingerprint density at radius 3 is 2.53 bits per heavy atom. The molecule has 3 rings (SSSR count). The molecule has 3 amide bonds. The summed E-state index contributed by atoms with van der Waals surface area (Å²) < 4.78 is 6.10. The number of rotatable bonds is 4. The van der Waals surface area contributed by atoms with Crippen molar-refractivity contribution < 1.29 is 14.3 Å². The molecule has 7 heteroatoms. The smallest absolute Gasteiger partial charge is 0.319 e. The summed E-state index contributed by atoms with van der Waals surface area (Å²) >= 11 is 0. The van der Waals surface area contributed by atoms with Crippen LogP contribution in [-0.2, 0) is 4.79 Å². The number of amides is 3. The highest BCUT2D eigenvalue weighted by atomic mass is 16.5. The number of benzene rings is 2. The van der Waals surface area contributed by atoms with Crippen LogP contribution in [0.25, 0.3) is 0 Å². The number of anilines is 2. The third kappa shape index (κ3) is 6.24. The molecular weight excluding hydrogens is 404 g/mol. The molecule has 0 bridgehead atoms. The van der Waals surface area contributed by atoms with Crippen LogP contribution in [0.1, 0.15) is 64.6 Å². The minimum Gasteiger partial charge on any atom is -0.487 e. The number of carbonyl (C=O) groups is 2. The molecule has 32 heavy (non-hydrogen) atoms. The second-order valence-corrected chi connectivity index (χ2v) is 9.95. The van der Waals surface area contributed by atoms with Crippen LogP contribution in [0.5, 0.6) is 5.75 Å². The predicted octanol–water partition coefficient (Wildman–Crippen LogP) is 5.36. The standard InChI is InChI=1S/C25H30N4O3/c1-24(2,3)14-22(30)27-18-9-10-21-19(12-18)20(13-25(4,5)32-21)29-23(31)28-17-8-6-7-16(11-17)15-26/h6-12,20H,13-14H2,1-5H3,(H,27,30)(H2,28,29,31). The zero-order valence-electron chi connectivity index (χ0n) is 19.2. The molecule has 1 atom stereocenters. The first kappa shape index (κ1) is 23.1. The Morgan fingerprint density at radius 2 is 1.84 bits per heavy atom. The zero-order valence-corrected chi connectivity index (χ0v) is 19.2. The van der Waals surface area contributed by atoms with Crippen molar-refractivity contribution in [2.45, 2.75) is 59.1 Å². The third-order valence-electron chi connectivity index (χ3n) is 5.00. The van der Waals surface area contributed by atoms with Crippen LogP contribution in [0.4, 0.5) is 16.2 Å². The Morgan fingerprint density at radius 1 is 1.12 bits per heavy atom. The third-order valence-corrected chi connectivity index (χ3v) is 5.00. The van der Waals surface area contributed by atoms with Crippen molar-refractivity contribution in [1.29, 1.82) is 5.26 Å². The average molecular weight is 435 g/mol. The number of hydrogen-bond donors (Lipinski definition) is 3. The monoisotopic (exact) mass is 434 g/mol. The van der Waals surface area contributed by atoms with E-state index in [4.69, 9.17) is 10.00 Å². The van der Waals surface area contributed by atoms with Gasteiger partial charge in [0, 0.05) is 29.8 Å². The lowest BCUT2D eigenvalue weighted by Crippen LogP contribution is -2.42. The predicted molar refractivity (Wildman–Crippen MR) is 125 cm³/mol. The van der Waals surface area contributed by atoms with Gasteiger partial charge in [0.25, 0.3) is 0 Å². The van der Waals surface area contributed by atoms with E-state index in [1.807, 2.05) is 52.8 Å². The molecule has 0 fully saturated rings. The van der Waals surface area contributed by atoms with Crippen LogP contribution in [0.3, 0.4) is 0 Å². The quantitative estimate of drug-likeness (QED) is 0.603. The van der Waals surface area contributed by atoms with Crippen LogP contribution in [-0.4, -0.2) is 17.5 Å². The minimum atomic E-state index is -0.470. The first-order valence-electron chi connectivity index (χ1n) is 10.6. The molecule has 1 aliphatic heterocycles. The number of urea groups is 1. The van der Waals surface area contributed by atoms with Gasteiger partial charge in [-0.1, -0.05) is 26.8 Å². The van der Waals surface area contributed by atoms with Crippen molar-refractivity contribution in [3.63, 3.8) is 0 Å². The van der Waals surface area contributed by atoms with Crippen molar-refractivity contribution in [2.24, 2.45) is 5.41 Å². The second kappa shape index (κ2) is 8.91. The van der Waals surface area contributed by atoms with Crippen molar-refractivity contribution in [1.82, 2.24) is 5.32 Å². The fraction of sp³-hybridized carbons (Fsp3) is 0.400. The molecule has 7 nitrogen and oxygen atoms in total. The number of nitrogens with one attached hydrogen (secondary N) is 3. The molecule has 0 saturated heterocycles. The largest absolute Gasteiger partial charge is 0.487 e. The van der Waals surface area contributed by atoms with Gasteiger partial charge in [0.05, 0.1) is 17.7 Å². The molecule has 2 aromatic carbocycles. The van der Waals surface area contributed by atoms with E-state index in [9.17, 15) is 9.59 Å². The summed E-state index contributed by atoms with van der Waals surface area (Å²) in [5.41, 5.74) is 1.89. The van der Waals surface area contributed by atoms with E-state index in [0.717, 1.165) is 5.56 Å². The lowest BCUT2D eigenvalue weighted by atomic mass is 9.89. The van der Waals surface area contributed by atoms with Gasteiger partial charge < -0.3 is 20.7 Å². The molecule has 0 aromatic heterocycles. The molecule has 2 aromatic rings. The number of nitriles is 1. The highest BCUT2D eigenvalue weighted by Crippen LogP contribution is 2.41. The highest BCUT2D eigenvalue weighted by molar-refractivity contribution is 5.92. The molecule has 168 valence electrons. The minimum absolute atomic E-state index is 0.0610. The fourth-order valence-electron chi connectivity index (χ4n) is 3.74. The summed E-state index contributed by atoms with van der Waals surface area (Å²) in [5.74, 6) is 0.612. The van der Waals surface area contributed by atoms with Crippen molar-refractivity contribution >= 4 is 23.3 Å². The molecule has 3 N–H and O–H groups in total. The van der Waals surface area contributed by atoms with Crippen LogP contribution >= 0.6 is 0 Å². The Balaban J connectivity index is 1.78. The van der Waals surface area contributed by atoms with Gasteiger partial charge >= 0.3 is 6.03 Å². The van der Waals surface area contributed by atoms with Gasteiger partial charge in [-0.3, -0.25) is 4.79 Å². The zero-order chi connectivity index (χ0) is 23.5. The van der Waals surface area contributed by atoms with E-state index < -0.39 is 5.60 Å². The van der Waals surface area contributed by atoms with Crippen LogP contribution in [0, 0.1) is 16.7 Å². The Bertz CT molecular complexity index is 1060. The van der Waals surface area contributed by atoms with E-state index >= 15 is 0 Å². The van der Waals surface area contributed by atoms with E-state index in [-0.39, 0.29) is 23.4 Å². The number of nitrogens with zero attached hydrogens (tertiary/aromatic N) is 1. The fourth-order valence-corrected chi connectivity index (χ4v) is 3.74. The lowest BCUT2D eigenvalue weighted by molar-refractivity contribution is -0.117. The molecule has 1 aliphatic rings. The van der Waals surface area contributed by atoms with Gasteiger partial charge in [0.2, 0.25) is 5.91 Å². The first-order chi connectivity index (χ1) is 14.9. The van der Waals surface area contributed by atoms with Gasteiger partial charge in [0.15, 0.2) is 0 Å². The highest BCUT2D eigenvalue weighted by Gasteiger charge is 2.35. The number of fused-ring (bicyclic) bond motifs is 1. The summed E-state index contributed by atoms with van der Waals surface area (Å²) in [5, 5.41) is 17.8. The topological polar surface area (TPSA) is 103 Å². The Labute approximate surface area is 189 Å². The van der Waals surface area contributed by atoms with E-state index in [1.54, 1.807) is 24.3 Å². The van der Waals surface area contributed by atoms with Gasteiger partial charge in [0.1, 0.15) is 11.4 Å². The van der Waals surface area contributed by atoms with Gasteiger partial charge in [-0.15, -0.1) is 0 Å². The van der Waals surface area contributed by atoms with Crippen molar-refractivity contribution in [3.05, 3.63) is 53.6 Å². The molecule has 0 saturated carbocycles. The maximum Gasteiger partial charge on any atom is 0.319 e. The summed E-state index contributed by atoms with van der Waals surface area (Å²) in [4.78, 5) is 25.1.